The number of nitrogens with zero attached hydrogens (tertiary/aromatic N) is 2. The summed E-state index contributed by atoms with van der Waals surface area (Å²) in [5.41, 5.74) is 0.946. The minimum absolute atomic E-state index is 0.0269. The maximum atomic E-state index is 12.4. The van der Waals surface area contributed by atoms with Gasteiger partial charge in [0.05, 0.1) is 17.5 Å². The highest BCUT2D eigenvalue weighted by molar-refractivity contribution is 7.91. The number of piperazine rings is 1. The van der Waals surface area contributed by atoms with Gasteiger partial charge < -0.3 is 10.0 Å². The van der Waals surface area contributed by atoms with Gasteiger partial charge in [-0.25, -0.2) is 8.42 Å². The van der Waals surface area contributed by atoms with E-state index in [9.17, 15) is 18.3 Å². The van der Waals surface area contributed by atoms with Crippen molar-refractivity contribution < 1.29 is 18.3 Å². The fourth-order valence-electron chi connectivity index (χ4n) is 3.72. The Balaban J connectivity index is 1.83. The normalized spacial score (nSPS) is 26.5. The number of hydrogen-bond donors (Lipinski definition) is 1. The lowest BCUT2D eigenvalue weighted by Gasteiger charge is -2.44. The number of aromatic hydroxyl groups is 1. The van der Waals surface area contributed by atoms with E-state index >= 15 is 0 Å². The molecule has 2 heterocycles. The molecule has 0 saturated carbocycles. The van der Waals surface area contributed by atoms with E-state index in [1.807, 2.05) is 19.9 Å². The second kappa shape index (κ2) is 6.37. The van der Waals surface area contributed by atoms with Crippen LogP contribution >= 0.6 is 0 Å². The SMILES string of the molecule is CC(C)C(=O)N1CCN(Cc2cccc(O)c2)[C@@H]2CS(=O)(=O)C[C@@H]21. The van der Waals surface area contributed by atoms with E-state index in [0.29, 0.717) is 19.6 Å². The van der Waals surface area contributed by atoms with Gasteiger partial charge in [0, 0.05) is 31.6 Å². The summed E-state index contributed by atoms with van der Waals surface area (Å²) in [6.07, 6.45) is 0. The first-order chi connectivity index (χ1) is 11.3. The first kappa shape index (κ1) is 17.2. The molecule has 3 rings (SSSR count). The average Bonchev–Trinajstić information content (AvgIpc) is 2.82. The van der Waals surface area contributed by atoms with Crippen molar-refractivity contribution in [3.63, 3.8) is 0 Å². The van der Waals surface area contributed by atoms with Crippen LogP contribution in [-0.2, 0) is 21.2 Å². The zero-order valence-electron chi connectivity index (χ0n) is 14.1. The zero-order chi connectivity index (χ0) is 17.5. The quantitative estimate of drug-likeness (QED) is 0.873. The van der Waals surface area contributed by atoms with Gasteiger partial charge in [0.25, 0.3) is 0 Å². The summed E-state index contributed by atoms with van der Waals surface area (Å²) in [6.45, 7) is 5.46. The van der Waals surface area contributed by atoms with Crippen LogP contribution in [0.15, 0.2) is 24.3 Å². The van der Waals surface area contributed by atoms with Gasteiger partial charge in [-0.2, -0.15) is 0 Å². The van der Waals surface area contributed by atoms with Gasteiger partial charge in [-0.3, -0.25) is 9.69 Å². The van der Waals surface area contributed by atoms with Crippen molar-refractivity contribution in [1.29, 1.82) is 0 Å². The van der Waals surface area contributed by atoms with Gasteiger partial charge >= 0.3 is 0 Å². The molecule has 0 radical (unpaired) electrons. The Morgan fingerprint density at radius 2 is 1.96 bits per heavy atom. The molecule has 2 aliphatic heterocycles. The molecule has 2 saturated heterocycles. The van der Waals surface area contributed by atoms with Crippen LogP contribution in [0, 0.1) is 5.92 Å². The van der Waals surface area contributed by atoms with Crippen molar-refractivity contribution in [2.24, 2.45) is 5.92 Å². The molecule has 0 aromatic heterocycles. The number of sulfone groups is 1. The van der Waals surface area contributed by atoms with E-state index in [1.54, 1.807) is 23.1 Å². The third-order valence-electron chi connectivity index (χ3n) is 4.86. The van der Waals surface area contributed by atoms with Crippen molar-refractivity contribution in [3.8, 4) is 5.75 Å². The number of carbonyl (C=O) groups is 1. The lowest BCUT2D eigenvalue weighted by Crippen LogP contribution is -2.60. The third-order valence-corrected chi connectivity index (χ3v) is 6.56. The van der Waals surface area contributed by atoms with E-state index < -0.39 is 9.84 Å². The number of fused-ring (bicyclic) bond motifs is 1. The molecule has 2 fully saturated rings. The minimum atomic E-state index is -3.14. The number of rotatable bonds is 3. The fourth-order valence-corrected chi connectivity index (χ4v) is 5.73. The Kier molecular flexibility index (Phi) is 4.57. The maximum absolute atomic E-state index is 12.4. The summed E-state index contributed by atoms with van der Waals surface area (Å²) in [6, 6.07) is 6.58. The molecule has 1 N–H and O–H groups in total. The summed E-state index contributed by atoms with van der Waals surface area (Å²) < 4.78 is 24.4. The van der Waals surface area contributed by atoms with Crippen LogP contribution < -0.4 is 0 Å². The molecule has 132 valence electrons. The van der Waals surface area contributed by atoms with E-state index in [-0.39, 0.29) is 41.2 Å². The van der Waals surface area contributed by atoms with Crippen molar-refractivity contribution in [1.82, 2.24) is 9.80 Å². The first-order valence-corrected chi connectivity index (χ1v) is 10.1. The van der Waals surface area contributed by atoms with Crippen molar-refractivity contribution in [2.45, 2.75) is 32.5 Å². The Bertz CT molecular complexity index is 732. The van der Waals surface area contributed by atoms with Crippen LogP contribution in [0.2, 0.25) is 0 Å². The molecule has 7 heteroatoms. The van der Waals surface area contributed by atoms with E-state index in [1.165, 1.54) is 0 Å². The lowest BCUT2D eigenvalue weighted by molar-refractivity contribution is -0.140. The van der Waals surface area contributed by atoms with Gasteiger partial charge in [0.15, 0.2) is 9.84 Å². The van der Waals surface area contributed by atoms with Crippen LogP contribution in [0.4, 0.5) is 0 Å². The number of phenols is 1. The van der Waals surface area contributed by atoms with Gasteiger partial charge in [-0.15, -0.1) is 0 Å². The molecule has 1 amide bonds. The fraction of sp³-hybridized carbons (Fsp3) is 0.588. The second-order valence-corrected chi connectivity index (χ2v) is 9.19. The van der Waals surface area contributed by atoms with Gasteiger partial charge in [-0.1, -0.05) is 26.0 Å². The lowest BCUT2D eigenvalue weighted by atomic mass is 10.0. The molecule has 1 aromatic rings. The number of phenolic OH excluding ortho intramolecular Hbond substituents is 1. The molecule has 0 bridgehead atoms. The summed E-state index contributed by atoms with van der Waals surface area (Å²) in [5, 5.41) is 9.62. The third kappa shape index (κ3) is 3.42. The molecule has 0 unspecified atom stereocenters. The first-order valence-electron chi connectivity index (χ1n) is 8.30. The number of benzene rings is 1. The van der Waals surface area contributed by atoms with Crippen molar-refractivity contribution in [2.75, 3.05) is 24.6 Å². The summed E-state index contributed by atoms with van der Waals surface area (Å²) in [5.74, 6) is 0.243. The zero-order valence-corrected chi connectivity index (χ0v) is 14.9. The topological polar surface area (TPSA) is 77.9 Å². The molecule has 2 atom stereocenters. The van der Waals surface area contributed by atoms with Gasteiger partial charge in [-0.05, 0) is 17.7 Å². The van der Waals surface area contributed by atoms with Crippen LogP contribution in [-0.4, -0.2) is 65.9 Å². The second-order valence-electron chi connectivity index (χ2n) is 7.04. The summed E-state index contributed by atoms with van der Waals surface area (Å²) in [7, 11) is -3.14. The van der Waals surface area contributed by atoms with Gasteiger partial charge in [0.1, 0.15) is 5.75 Å². The molecule has 2 aliphatic rings. The van der Waals surface area contributed by atoms with Crippen LogP contribution in [0.3, 0.4) is 0 Å². The molecular weight excluding hydrogens is 328 g/mol. The smallest absolute Gasteiger partial charge is 0.225 e. The Hall–Kier alpha value is -1.60. The highest BCUT2D eigenvalue weighted by Gasteiger charge is 2.48. The van der Waals surface area contributed by atoms with Crippen molar-refractivity contribution >= 4 is 15.7 Å². The largest absolute Gasteiger partial charge is 0.508 e. The molecule has 6 nitrogen and oxygen atoms in total. The number of hydrogen-bond acceptors (Lipinski definition) is 5. The van der Waals surface area contributed by atoms with E-state index in [0.717, 1.165) is 5.56 Å². The predicted molar refractivity (Wildman–Crippen MR) is 91.3 cm³/mol. The highest BCUT2D eigenvalue weighted by atomic mass is 32.2. The Morgan fingerprint density at radius 3 is 2.62 bits per heavy atom. The highest BCUT2D eigenvalue weighted by Crippen LogP contribution is 2.29. The molecule has 0 aliphatic carbocycles. The summed E-state index contributed by atoms with van der Waals surface area (Å²) >= 11 is 0. The van der Waals surface area contributed by atoms with Crippen LogP contribution in [0.1, 0.15) is 19.4 Å². The predicted octanol–water partition coefficient (Wildman–Crippen LogP) is 0.858. The number of carbonyl (C=O) groups excluding carboxylic acids is 1. The van der Waals surface area contributed by atoms with Crippen LogP contribution in [0.5, 0.6) is 5.75 Å². The Morgan fingerprint density at radius 1 is 1.25 bits per heavy atom. The van der Waals surface area contributed by atoms with Gasteiger partial charge in [0.2, 0.25) is 5.91 Å². The summed E-state index contributed by atoms with van der Waals surface area (Å²) in [4.78, 5) is 16.3. The standard InChI is InChI=1S/C17H24N2O4S/c1-12(2)17(21)19-7-6-18(9-13-4-3-5-14(20)8-13)15-10-24(22,23)11-16(15)19/h3-5,8,12,15-16,20H,6-7,9-11H2,1-2H3/t15-,16+/m1/s1. The van der Waals surface area contributed by atoms with E-state index in [4.69, 9.17) is 0 Å². The maximum Gasteiger partial charge on any atom is 0.225 e. The van der Waals surface area contributed by atoms with Crippen LogP contribution in [0.25, 0.3) is 0 Å². The Labute approximate surface area is 143 Å². The molecule has 0 spiro atoms. The van der Waals surface area contributed by atoms with Crippen molar-refractivity contribution in [3.05, 3.63) is 29.8 Å². The average molecular weight is 352 g/mol. The van der Waals surface area contributed by atoms with E-state index in [2.05, 4.69) is 4.90 Å². The monoisotopic (exact) mass is 352 g/mol. The molecule has 1 aromatic carbocycles. The minimum Gasteiger partial charge on any atom is -0.508 e. The number of amides is 1. The molecule has 24 heavy (non-hydrogen) atoms. The molecular formula is C17H24N2O4S.